The van der Waals surface area contributed by atoms with Crippen LogP contribution in [0.5, 0.6) is 0 Å². The van der Waals surface area contributed by atoms with Crippen LogP contribution in [0.4, 0.5) is 5.69 Å². The van der Waals surface area contributed by atoms with Crippen LogP contribution in [0.15, 0.2) is 23.2 Å². The summed E-state index contributed by atoms with van der Waals surface area (Å²) in [6.45, 7) is 0.207. The van der Waals surface area contributed by atoms with Gasteiger partial charge >= 0.3 is 5.97 Å². The van der Waals surface area contributed by atoms with Crippen LogP contribution in [0.2, 0.25) is 0 Å². The van der Waals surface area contributed by atoms with E-state index >= 15 is 0 Å². The summed E-state index contributed by atoms with van der Waals surface area (Å²) in [5, 5.41) is 21.3. The molecule has 0 amide bonds. The second-order valence-electron chi connectivity index (χ2n) is 3.25. The largest absolute Gasteiger partial charge is 0.477 e. The zero-order valence-corrected chi connectivity index (χ0v) is 9.25. The van der Waals surface area contributed by atoms with Crippen molar-refractivity contribution < 1.29 is 14.8 Å². The third-order valence-corrected chi connectivity index (χ3v) is 2.76. The third-order valence-electron chi connectivity index (χ3n) is 2.13. The molecule has 1 N–H and O–H groups in total. The highest BCUT2D eigenvalue weighted by Gasteiger charge is 2.18. The van der Waals surface area contributed by atoms with Gasteiger partial charge in [0.2, 0.25) is 0 Å². The van der Waals surface area contributed by atoms with Gasteiger partial charge in [0, 0.05) is 11.4 Å². The van der Waals surface area contributed by atoms with E-state index in [1.165, 1.54) is 22.1 Å². The van der Waals surface area contributed by atoms with Gasteiger partial charge < -0.3 is 9.67 Å². The Morgan fingerprint density at radius 1 is 1.65 bits per heavy atom. The molecule has 0 aromatic carbocycles. The Balaban J connectivity index is 2.37. The molecule has 88 valence electrons. The molecule has 0 atom stereocenters. The normalized spacial score (nSPS) is 10.4. The summed E-state index contributed by atoms with van der Waals surface area (Å²) in [4.78, 5) is 24.9. The van der Waals surface area contributed by atoms with Gasteiger partial charge in [-0.2, -0.15) is 0 Å². The molecule has 0 saturated heterocycles. The van der Waals surface area contributed by atoms with Crippen molar-refractivity contribution in [2.75, 3.05) is 0 Å². The molecule has 17 heavy (non-hydrogen) atoms. The van der Waals surface area contributed by atoms with Crippen molar-refractivity contribution in [3.8, 4) is 0 Å². The van der Waals surface area contributed by atoms with Crippen LogP contribution in [0, 0.1) is 10.1 Å². The molecule has 0 fully saturated rings. The van der Waals surface area contributed by atoms with E-state index in [0.29, 0.717) is 5.69 Å². The Morgan fingerprint density at radius 2 is 2.41 bits per heavy atom. The van der Waals surface area contributed by atoms with Crippen LogP contribution < -0.4 is 0 Å². The molecular weight excluding hydrogens is 246 g/mol. The molecule has 0 saturated carbocycles. The first-order valence-corrected chi connectivity index (χ1v) is 5.47. The third kappa shape index (κ3) is 2.31. The van der Waals surface area contributed by atoms with Crippen LogP contribution in [-0.2, 0) is 6.54 Å². The summed E-state index contributed by atoms with van der Waals surface area (Å²) in [6, 6.07) is 1.04. The first-order valence-electron chi connectivity index (χ1n) is 4.53. The number of thiazole rings is 1. The van der Waals surface area contributed by atoms with E-state index in [1.54, 1.807) is 10.9 Å². The predicted molar refractivity (Wildman–Crippen MR) is 59.3 cm³/mol. The summed E-state index contributed by atoms with van der Waals surface area (Å²) in [7, 11) is 0. The first kappa shape index (κ1) is 11.3. The van der Waals surface area contributed by atoms with Crippen LogP contribution in [0.1, 0.15) is 16.2 Å². The molecule has 2 heterocycles. The predicted octanol–water partition coefficient (Wildman–Crippen LogP) is 1.60. The smallest absolute Gasteiger partial charge is 0.352 e. The number of rotatable bonds is 4. The number of carboxylic acids is 1. The van der Waals surface area contributed by atoms with E-state index < -0.39 is 10.9 Å². The first-order chi connectivity index (χ1) is 8.08. The Bertz CT molecular complexity index is 561. The second-order valence-corrected chi connectivity index (χ2v) is 3.97. The van der Waals surface area contributed by atoms with Crippen LogP contribution in [-0.4, -0.2) is 25.6 Å². The molecular formula is C9H7N3O4S. The molecule has 0 radical (unpaired) electrons. The highest BCUT2D eigenvalue weighted by molar-refractivity contribution is 7.07. The molecule has 0 aliphatic carbocycles. The van der Waals surface area contributed by atoms with E-state index in [2.05, 4.69) is 4.98 Å². The average Bonchev–Trinajstić information content (AvgIpc) is 2.87. The number of carbonyl (C=O) groups is 1. The second kappa shape index (κ2) is 4.34. The van der Waals surface area contributed by atoms with Crippen molar-refractivity contribution in [1.82, 2.24) is 9.55 Å². The van der Waals surface area contributed by atoms with Crippen LogP contribution in [0.25, 0.3) is 0 Å². The fourth-order valence-corrected chi connectivity index (χ4v) is 1.94. The van der Waals surface area contributed by atoms with E-state index in [9.17, 15) is 14.9 Å². The van der Waals surface area contributed by atoms with Gasteiger partial charge in [0.25, 0.3) is 5.69 Å². The van der Waals surface area contributed by atoms with Crippen molar-refractivity contribution >= 4 is 23.0 Å². The number of aromatic nitrogens is 2. The van der Waals surface area contributed by atoms with E-state index in [-0.39, 0.29) is 17.9 Å². The lowest BCUT2D eigenvalue weighted by molar-refractivity contribution is -0.384. The minimum Gasteiger partial charge on any atom is -0.477 e. The fourth-order valence-electron chi connectivity index (χ4n) is 1.39. The van der Waals surface area contributed by atoms with Crippen LogP contribution in [0.3, 0.4) is 0 Å². The maximum absolute atomic E-state index is 10.9. The minimum atomic E-state index is -1.20. The fraction of sp³-hybridized carbons (Fsp3) is 0.111. The lowest BCUT2D eigenvalue weighted by Gasteiger charge is -2.01. The standard InChI is InChI=1S/C9H7N3O4S/c13-9(14)8-1-7(12(15)16)3-11(8)2-6-4-17-5-10-6/h1,3-5H,2H2,(H,13,14). The Morgan fingerprint density at radius 3 is 2.94 bits per heavy atom. The highest BCUT2D eigenvalue weighted by Crippen LogP contribution is 2.18. The summed E-state index contributed by atoms with van der Waals surface area (Å²) in [5.41, 5.74) is 1.93. The quantitative estimate of drug-likeness (QED) is 0.659. The van der Waals surface area contributed by atoms with Gasteiger partial charge in [0.1, 0.15) is 5.69 Å². The lowest BCUT2D eigenvalue weighted by atomic mass is 10.4. The minimum absolute atomic E-state index is 0.121. The van der Waals surface area contributed by atoms with Gasteiger partial charge in [0.05, 0.1) is 28.9 Å². The van der Waals surface area contributed by atoms with Gasteiger partial charge in [-0.1, -0.05) is 0 Å². The van der Waals surface area contributed by atoms with Crippen LogP contribution >= 0.6 is 11.3 Å². The molecule has 2 aromatic rings. The van der Waals surface area contributed by atoms with E-state index in [1.807, 2.05) is 0 Å². The lowest BCUT2D eigenvalue weighted by Crippen LogP contribution is -2.08. The number of nitro groups is 1. The summed E-state index contributed by atoms with van der Waals surface area (Å²) >= 11 is 1.38. The number of hydrogen-bond donors (Lipinski definition) is 1. The Labute approximate surface area is 99.1 Å². The molecule has 2 aromatic heterocycles. The maximum Gasteiger partial charge on any atom is 0.352 e. The Hall–Kier alpha value is -2.22. The molecule has 0 bridgehead atoms. The van der Waals surface area contributed by atoms with Gasteiger partial charge in [-0.3, -0.25) is 10.1 Å². The molecule has 0 spiro atoms. The SMILES string of the molecule is O=C(O)c1cc([N+](=O)[O-])cn1Cc1cscn1. The maximum atomic E-state index is 10.9. The van der Waals surface area contributed by atoms with Crippen molar-refractivity contribution in [3.63, 3.8) is 0 Å². The van der Waals surface area contributed by atoms with Gasteiger partial charge in [-0.15, -0.1) is 11.3 Å². The number of hydrogen-bond acceptors (Lipinski definition) is 5. The zero-order valence-electron chi connectivity index (χ0n) is 8.44. The van der Waals surface area contributed by atoms with Crippen molar-refractivity contribution in [1.29, 1.82) is 0 Å². The molecule has 8 heteroatoms. The molecule has 0 unspecified atom stereocenters. The van der Waals surface area contributed by atoms with Gasteiger partial charge in [-0.25, -0.2) is 9.78 Å². The van der Waals surface area contributed by atoms with Crippen molar-refractivity contribution in [3.05, 3.63) is 44.7 Å². The van der Waals surface area contributed by atoms with Crippen molar-refractivity contribution in [2.45, 2.75) is 6.54 Å². The zero-order chi connectivity index (χ0) is 12.4. The van der Waals surface area contributed by atoms with Gasteiger partial charge in [-0.05, 0) is 0 Å². The van der Waals surface area contributed by atoms with Gasteiger partial charge in [0.15, 0.2) is 0 Å². The summed E-state index contributed by atoms with van der Waals surface area (Å²) < 4.78 is 1.30. The topological polar surface area (TPSA) is 98.3 Å². The number of carboxylic acid groups (broad SMARTS) is 1. The molecule has 0 aliphatic rings. The number of aromatic carboxylic acids is 1. The number of nitrogens with zero attached hydrogens (tertiary/aromatic N) is 3. The monoisotopic (exact) mass is 253 g/mol. The van der Waals surface area contributed by atoms with Crippen molar-refractivity contribution in [2.24, 2.45) is 0 Å². The highest BCUT2D eigenvalue weighted by atomic mass is 32.1. The average molecular weight is 253 g/mol. The van der Waals surface area contributed by atoms with E-state index in [4.69, 9.17) is 5.11 Å². The molecule has 7 nitrogen and oxygen atoms in total. The Kier molecular flexibility index (Phi) is 2.88. The summed E-state index contributed by atoms with van der Waals surface area (Å²) in [5.74, 6) is -1.20. The molecule has 2 rings (SSSR count). The summed E-state index contributed by atoms with van der Waals surface area (Å²) in [6.07, 6.45) is 1.20. The molecule has 0 aliphatic heterocycles. The van der Waals surface area contributed by atoms with E-state index in [0.717, 1.165) is 6.07 Å².